The summed E-state index contributed by atoms with van der Waals surface area (Å²) in [4.78, 5) is 31.3. The lowest BCUT2D eigenvalue weighted by molar-refractivity contribution is -0.120. The van der Waals surface area contributed by atoms with E-state index in [0.717, 1.165) is 12.8 Å². The molecular formula is C17H18ClN3O2. The van der Waals surface area contributed by atoms with Crippen LogP contribution >= 0.6 is 11.6 Å². The van der Waals surface area contributed by atoms with Crippen LogP contribution in [0, 0.1) is 17.2 Å². The second-order valence-corrected chi connectivity index (χ2v) is 6.18. The molecule has 0 fully saturated rings. The van der Waals surface area contributed by atoms with Crippen LogP contribution in [0.5, 0.6) is 0 Å². The van der Waals surface area contributed by atoms with Crippen molar-refractivity contribution in [3.63, 3.8) is 0 Å². The zero-order valence-electron chi connectivity index (χ0n) is 13.1. The van der Waals surface area contributed by atoms with Crippen LogP contribution in [-0.2, 0) is 4.79 Å². The smallest absolute Gasteiger partial charge is 0.258 e. The first-order valence-corrected chi connectivity index (χ1v) is 7.95. The van der Waals surface area contributed by atoms with Crippen LogP contribution in [0.1, 0.15) is 44.9 Å². The van der Waals surface area contributed by atoms with Gasteiger partial charge in [0.05, 0.1) is 17.0 Å². The van der Waals surface area contributed by atoms with E-state index in [-0.39, 0.29) is 23.1 Å². The predicted octanol–water partition coefficient (Wildman–Crippen LogP) is 3.58. The fourth-order valence-corrected chi connectivity index (χ4v) is 2.78. The highest BCUT2D eigenvalue weighted by Gasteiger charge is 2.24. The minimum atomic E-state index is -1.06. The second-order valence-electron chi connectivity index (χ2n) is 5.74. The van der Waals surface area contributed by atoms with Crippen molar-refractivity contribution in [3.05, 3.63) is 39.4 Å². The van der Waals surface area contributed by atoms with Crippen molar-refractivity contribution in [1.82, 2.24) is 9.97 Å². The van der Waals surface area contributed by atoms with Crippen molar-refractivity contribution in [2.75, 3.05) is 0 Å². The molecule has 2 aromatic rings. The zero-order chi connectivity index (χ0) is 17.0. The molecule has 0 saturated carbocycles. The molecule has 0 amide bonds. The van der Waals surface area contributed by atoms with Crippen LogP contribution in [-0.4, -0.2) is 15.8 Å². The van der Waals surface area contributed by atoms with Crippen LogP contribution in [0.25, 0.3) is 10.9 Å². The Balaban J connectivity index is 2.38. The molecule has 23 heavy (non-hydrogen) atoms. The zero-order valence-corrected chi connectivity index (χ0v) is 13.9. The Morgan fingerprint density at radius 2 is 2.22 bits per heavy atom. The van der Waals surface area contributed by atoms with Gasteiger partial charge in [-0.15, -0.1) is 0 Å². The van der Waals surface area contributed by atoms with E-state index >= 15 is 0 Å². The molecule has 2 atom stereocenters. The molecule has 1 heterocycles. The minimum Gasteiger partial charge on any atom is -0.308 e. The van der Waals surface area contributed by atoms with Gasteiger partial charge in [-0.25, -0.2) is 4.98 Å². The highest BCUT2D eigenvalue weighted by molar-refractivity contribution is 6.31. The highest BCUT2D eigenvalue weighted by Crippen LogP contribution is 2.21. The molecule has 0 radical (unpaired) electrons. The van der Waals surface area contributed by atoms with Gasteiger partial charge in [0.2, 0.25) is 0 Å². The fraction of sp³-hybridized carbons (Fsp3) is 0.412. The first-order valence-electron chi connectivity index (χ1n) is 7.58. The monoisotopic (exact) mass is 331 g/mol. The topological polar surface area (TPSA) is 86.6 Å². The summed E-state index contributed by atoms with van der Waals surface area (Å²) in [5, 5.41) is 10.2. The first-order chi connectivity index (χ1) is 11.0. The van der Waals surface area contributed by atoms with Gasteiger partial charge < -0.3 is 4.98 Å². The number of aromatic nitrogens is 2. The maximum atomic E-state index is 12.4. The highest BCUT2D eigenvalue weighted by atomic mass is 35.5. The maximum absolute atomic E-state index is 12.4. The normalized spacial score (nSPS) is 13.5. The molecule has 0 saturated heterocycles. The Morgan fingerprint density at radius 3 is 2.87 bits per heavy atom. The third-order valence-electron chi connectivity index (χ3n) is 3.74. The number of ketones is 1. The summed E-state index contributed by atoms with van der Waals surface area (Å²) in [6.07, 6.45) is 2.19. The SMILES string of the molecule is CCC[C@@H](C)CC(=O)[C@@H](C#N)c1nc2cc(Cl)ccc2c(=O)[nH]1. The van der Waals surface area contributed by atoms with Crippen molar-refractivity contribution in [3.8, 4) is 6.07 Å². The predicted molar refractivity (Wildman–Crippen MR) is 89.4 cm³/mol. The Kier molecular flexibility index (Phi) is 5.51. The first kappa shape index (κ1) is 17.2. The molecule has 0 aliphatic carbocycles. The number of fused-ring (bicyclic) bond motifs is 1. The molecule has 120 valence electrons. The average Bonchev–Trinajstić information content (AvgIpc) is 2.47. The van der Waals surface area contributed by atoms with Crippen molar-refractivity contribution >= 4 is 28.3 Å². The number of benzene rings is 1. The van der Waals surface area contributed by atoms with Gasteiger partial charge in [0, 0.05) is 11.4 Å². The average molecular weight is 332 g/mol. The molecule has 0 aliphatic rings. The van der Waals surface area contributed by atoms with Crippen LogP contribution in [0.4, 0.5) is 0 Å². The number of H-pyrrole nitrogens is 1. The quantitative estimate of drug-likeness (QED) is 0.876. The van der Waals surface area contributed by atoms with Crippen LogP contribution in [0.3, 0.4) is 0 Å². The summed E-state index contributed by atoms with van der Waals surface area (Å²) in [6, 6.07) is 6.67. The largest absolute Gasteiger partial charge is 0.308 e. The lowest BCUT2D eigenvalue weighted by Crippen LogP contribution is -2.21. The minimum absolute atomic E-state index is 0.0842. The van der Waals surface area contributed by atoms with Crippen molar-refractivity contribution < 1.29 is 4.79 Å². The van der Waals surface area contributed by atoms with Gasteiger partial charge in [-0.1, -0.05) is 38.3 Å². The third-order valence-corrected chi connectivity index (χ3v) is 3.98. The summed E-state index contributed by atoms with van der Waals surface area (Å²) >= 11 is 5.92. The third kappa shape index (κ3) is 3.96. The molecule has 5 nitrogen and oxygen atoms in total. The van der Waals surface area contributed by atoms with Gasteiger partial charge in [0.15, 0.2) is 11.7 Å². The van der Waals surface area contributed by atoms with Crippen LogP contribution < -0.4 is 5.56 Å². The standard InChI is InChI=1S/C17H18ClN3O2/c1-3-4-10(2)7-15(22)13(9-19)16-20-14-8-11(18)5-6-12(14)17(23)21-16/h5-6,8,10,13H,3-4,7H2,1-2H3,(H,20,21,23)/t10-,13-/m1/s1. The molecule has 2 rings (SSSR count). The summed E-state index contributed by atoms with van der Waals surface area (Å²) in [7, 11) is 0. The number of carbonyl (C=O) groups excluding carboxylic acids is 1. The number of aromatic amines is 1. The van der Waals surface area contributed by atoms with E-state index in [0.29, 0.717) is 22.3 Å². The second kappa shape index (κ2) is 7.38. The van der Waals surface area contributed by atoms with Gasteiger partial charge in [0.1, 0.15) is 5.82 Å². The lowest BCUT2D eigenvalue weighted by Gasteiger charge is -2.12. The molecule has 1 N–H and O–H groups in total. The molecule has 1 aromatic heterocycles. The molecule has 0 unspecified atom stereocenters. The number of nitrogens with one attached hydrogen (secondary N) is 1. The van der Waals surface area contributed by atoms with E-state index < -0.39 is 5.92 Å². The van der Waals surface area contributed by atoms with Crippen LogP contribution in [0.2, 0.25) is 5.02 Å². The molecule has 0 aliphatic heterocycles. The van der Waals surface area contributed by atoms with Gasteiger partial charge in [0.25, 0.3) is 5.56 Å². The Hall–Kier alpha value is -2.19. The summed E-state index contributed by atoms with van der Waals surface area (Å²) < 4.78 is 0. The van der Waals surface area contributed by atoms with Crippen molar-refractivity contribution in [2.24, 2.45) is 5.92 Å². The number of carbonyl (C=O) groups is 1. The summed E-state index contributed by atoms with van der Waals surface area (Å²) in [5.41, 5.74) is 0.00206. The van der Waals surface area contributed by atoms with Gasteiger partial charge in [-0.2, -0.15) is 5.26 Å². The lowest BCUT2D eigenvalue weighted by atomic mass is 9.93. The number of hydrogen-bond acceptors (Lipinski definition) is 4. The van der Waals surface area contributed by atoms with E-state index in [1.165, 1.54) is 0 Å². The fourth-order valence-electron chi connectivity index (χ4n) is 2.61. The number of rotatable bonds is 6. The van der Waals surface area contributed by atoms with Crippen molar-refractivity contribution in [2.45, 2.75) is 39.0 Å². The summed E-state index contributed by atoms with van der Waals surface area (Å²) in [5.74, 6) is -1.01. The molecule has 6 heteroatoms. The molecule has 0 bridgehead atoms. The van der Waals surface area contributed by atoms with Crippen molar-refractivity contribution in [1.29, 1.82) is 5.26 Å². The van der Waals surface area contributed by atoms with E-state index in [9.17, 15) is 14.9 Å². The van der Waals surface area contributed by atoms with E-state index in [2.05, 4.69) is 16.9 Å². The molecular weight excluding hydrogens is 314 g/mol. The number of nitrogens with zero attached hydrogens (tertiary/aromatic N) is 2. The Labute approximate surface area is 139 Å². The molecule has 1 aromatic carbocycles. The maximum Gasteiger partial charge on any atom is 0.258 e. The number of hydrogen-bond donors (Lipinski definition) is 1. The molecule has 0 spiro atoms. The van der Waals surface area contributed by atoms with E-state index in [1.807, 2.05) is 13.0 Å². The Bertz CT molecular complexity index is 823. The number of Topliss-reactive ketones (excluding diaryl/α,β-unsaturated/α-hetero) is 1. The number of nitriles is 1. The van der Waals surface area contributed by atoms with Gasteiger partial charge in [-0.3, -0.25) is 9.59 Å². The van der Waals surface area contributed by atoms with E-state index in [4.69, 9.17) is 11.6 Å². The summed E-state index contributed by atoms with van der Waals surface area (Å²) in [6.45, 7) is 4.03. The number of halogens is 1. The van der Waals surface area contributed by atoms with Crippen LogP contribution in [0.15, 0.2) is 23.0 Å². The Morgan fingerprint density at radius 1 is 1.48 bits per heavy atom. The van der Waals surface area contributed by atoms with Gasteiger partial charge in [-0.05, 0) is 24.1 Å². The van der Waals surface area contributed by atoms with E-state index in [1.54, 1.807) is 18.2 Å². The van der Waals surface area contributed by atoms with Gasteiger partial charge >= 0.3 is 0 Å².